The lowest BCUT2D eigenvalue weighted by Crippen LogP contribution is -2.39. The molecule has 2 rings (SSSR count). The molecule has 0 aliphatic carbocycles. The number of aromatic nitrogens is 1. The largest absolute Gasteiger partial charge is 0.384 e. The average Bonchev–Trinajstić information content (AvgIpc) is 2.99. The predicted molar refractivity (Wildman–Crippen MR) is 87.3 cm³/mol. The summed E-state index contributed by atoms with van der Waals surface area (Å²) in [5.41, 5.74) is 2.05. The Kier molecular flexibility index (Phi) is 5.93. The maximum absolute atomic E-state index is 12.9. The highest BCUT2D eigenvalue weighted by Gasteiger charge is 2.23. The Balaban J connectivity index is 1.76. The number of halogens is 1. The number of rotatable bonds is 7. The molecular weight excluding hydrogens is 323 g/mol. The molecule has 0 aliphatic rings. The quantitative estimate of drug-likeness (QED) is 0.813. The van der Waals surface area contributed by atoms with Gasteiger partial charge in [0.15, 0.2) is 0 Å². The maximum atomic E-state index is 12.9. The van der Waals surface area contributed by atoms with Gasteiger partial charge in [0.05, 0.1) is 23.5 Å². The molecule has 22 heavy (non-hydrogen) atoms. The first-order chi connectivity index (χ1) is 10.5. The highest BCUT2D eigenvalue weighted by molar-refractivity contribution is 7.99. The van der Waals surface area contributed by atoms with Crippen LogP contribution in [0.15, 0.2) is 35.2 Å². The summed E-state index contributed by atoms with van der Waals surface area (Å²) in [6, 6.07) is 5.60. The molecule has 0 fully saturated rings. The van der Waals surface area contributed by atoms with E-state index in [1.54, 1.807) is 12.4 Å². The van der Waals surface area contributed by atoms with Crippen molar-refractivity contribution in [1.29, 1.82) is 0 Å². The van der Waals surface area contributed by atoms with Crippen LogP contribution in [-0.2, 0) is 16.1 Å². The number of aliphatic hydroxyl groups is 1. The molecule has 0 bridgehead atoms. The van der Waals surface area contributed by atoms with E-state index >= 15 is 0 Å². The van der Waals surface area contributed by atoms with Crippen LogP contribution in [0.4, 0.5) is 4.39 Å². The van der Waals surface area contributed by atoms with Crippen LogP contribution in [0.1, 0.15) is 18.2 Å². The molecular formula is C15H17FN2O2S2. The van der Waals surface area contributed by atoms with Crippen LogP contribution < -0.4 is 5.32 Å². The van der Waals surface area contributed by atoms with Crippen molar-refractivity contribution in [2.75, 3.05) is 12.3 Å². The van der Waals surface area contributed by atoms with Crippen molar-refractivity contribution >= 4 is 29.0 Å². The SMILES string of the molecule is CC(O)(CNC(=O)CSCc1cscn1)c1ccc(F)cc1. The summed E-state index contributed by atoms with van der Waals surface area (Å²) in [7, 11) is 0. The van der Waals surface area contributed by atoms with E-state index in [0.29, 0.717) is 17.1 Å². The molecule has 2 N–H and O–H groups in total. The molecule has 118 valence electrons. The topological polar surface area (TPSA) is 62.2 Å². The van der Waals surface area contributed by atoms with Gasteiger partial charge in [0.25, 0.3) is 0 Å². The molecule has 7 heteroatoms. The molecule has 1 aromatic heterocycles. The number of benzene rings is 1. The summed E-state index contributed by atoms with van der Waals surface area (Å²) in [6.07, 6.45) is 0. The van der Waals surface area contributed by atoms with Crippen molar-refractivity contribution in [3.63, 3.8) is 0 Å². The summed E-state index contributed by atoms with van der Waals surface area (Å²) in [5.74, 6) is 0.479. The van der Waals surface area contributed by atoms with Gasteiger partial charge in [-0.25, -0.2) is 9.37 Å². The van der Waals surface area contributed by atoms with Gasteiger partial charge in [-0.1, -0.05) is 12.1 Å². The second-order valence-corrected chi connectivity index (χ2v) is 6.73. The molecule has 0 radical (unpaired) electrons. The Labute approximate surface area is 136 Å². The summed E-state index contributed by atoms with van der Waals surface area (Å²) >= 11 is 2.99. The average molecular weight is 340 g/mol. The third-order valence-electron chi connectivity index (χ3n) is 3.06. The van der Waals surface area contributed by atoms with Gasteiger partial charge in [-0.15, -0.1) is 23.1 Å². The highest BCUT2D eigenvalue weighted by Crippen LogP contribution is 2.20. The Hall–Kier alpha value is -1.44. The number of nitrogens with one attached hydrogen (secondary N) is 1. The lowest BCUT2D eigenvalue weighted by atomic mass is 9.96. The molecule has 1 atom stereocenters. The van der Waals surface area contributed by atoms with Gasteiger partial charge < -0.3 is 10.4 Å². The summed E-state index contributed by atoms with van der Waals surface area (Å²) in [6.45, 7) is 1.66. The van der Waals surface area contributed by atoms with Crippen LogP contribution in [0, 0.1) is 5.82 Å². The molecule has 0 saturated heterocycles. The lowest BCUT2D eigenvalue weighted by Gasteiger charge is -2.24. The van der Waals surface area contributed by atoms with Crippen LogP contribution in [-0.4, -0.2) is 28.3 Å². The van der Waals surface area contributed by atoms with Crippen molar-refractivity contribution < 1.29 is 14.3 Å². The van der Waals surface area contributed by atoms with E-state index < -0.39 is 5.60 Å². The minimum Gasteiger partial charge on any atom is -0.384 e. The van der Waals surface area contributed by atoms with E-state index in [1.807, 2.05) is 5.38 Å². The maximum Gasteiger partial charge on any atom is 0.230 e. The van der Waals surface area contributed by atoms with Gasteiger partial charge in [-0.2, -0.15) is 0 Å². The van der Waals surface area contributed by atoms with Gasteiger partial charge in [0, 0.05) is 11.1 Å². The Morgan fingerprint density at radius 3 is 2.82 bits per heavy atom. The molecule has 0 spiro atoms. The molecule has 0 saturated carbocycles. The minimum atomic E-state index is -1.23. The third kappa shape index (κ3) is 5.08. The number of thiazole rings is 1. The zero-order valence-electron chi connectivity index (χ0n) is 12.1. The van der Waals surface area contributed by atoms with Crippen LogP contribution >= 0.6 is 23.1 Å². The van der Waals surface area contributed by atoms with Crippen molar-refractivity contribution in [2.24, 2.45) is 0 Å². The first-order valence-electron chi connectivity index (χ1n) is 6.67. The zero-order chi connectivity index (χ0) is 16.0. The number of nitrogens with zero attached hydrogens (tertiary/aromatic N) is 1. The fourth-order valence-corrected chi connectivity index (χ4v) is 3.21. The summed E-state index contributed by atoms with van der Waals surface area (Å²) in [5, 5.41) is 15.0. The first kappa shape index (κ1) is 16.9. The second kappa shape index (κ2) is 7.71. The third-order valence-corrected chi connectivity index (χ3v) is 4.66. The summed E-state index contributed by atoms with van der Waals surface area (Å²) < 4.78 is 12.9. The van der Waals surface area contributed by atoms with Crippen LogP contribution in [0.2, 0.25) is 0 Å². The Morgan fingerprint density at radius 2 is 2.18 bits per heavy atom. The predicted octanol–water partition coefficient (Wildman–Crippen LogP) is 2.54. The fraction of sp³-hybridized carbons (Fsp3) is 0.333. The monoisotopic (exact) mass is 340 g/mol. The normalized spacial score (nSPS) is 13.6. The zero-order valence-corrected chi connectivity index (χ0v) is 13.7. The first-order valence-corrected chi connectivity index (χ1v) is 8.77. The van der Waals surface area contributed by atoms with Crippen molar-refractivity contribution in [3.05, 3.63) is 52.2 Å². The van der Waals surface area contributed by atoms with Crippen molar-refractivity contribution in [3.8, 4) is 0 Å². The Bertz CT molecular complexity index is 601. The molecule has 4 nitrogen and oxygen atoms in total. The molecule has 1 amide bonds. The van der Waals surface area contributed by atoms with E-state index in [9.17, 15) is 14.3 Å². The van der Waals surface area contributed by atoms with E-state index in [4.69, 9.17) is 0 Å². The van der Waals surface area contributed by atoms with Crippen LogP contribution in [0.3, 0.4) is 0 Å². The second-order valence-electron chi connectivity index (χ2n) is 5.03. The Morgan fingerprint density at radius 1 is 1.45 bits per heavy atom. The van der Waals surface area contributed by atoms with E-state index in [0.717, 1.165) is 5.69 Å². The number of carbonyl (C=O) groups excluding carboxylic acids is 1. The molecule has 1 heterocycles. The van der Waals surface area contributed by atoms with Crippen LogP contribution in [0.25, 0.3) is 0 Å². The van der Waals surface area contributed by atoms with Gasteiger partial charge in [-0.3, -0.25) is 4.79 Å². The van der Waals surface area contributed by atoms with Gasteiger partial charge in [0.1, 0.15) is 11.4 Å². The number of hydrogen-bond donors (Lipinski definition) is 2. The van der Waals surface area contributed by atoms with Crippen LogP contribution in [0.5, 0.6) is 0 Å². The van der Waals surface area contributed by atoms with E-state index in [1.165, 1.54) is 47.4 Å². The number of thioether (sulfide) groups is 1. The number of hydrogen-bond acceptors (Lipinski definition) is 5. The number of amides is 1. The lowest BCUT2D eigenvalue weighted by molar-refractivity contribution is -0.119. The standard InChI is InChI=1S/C15H17FN2O2S2/c1-15(20,11-2-4-12(16)5-3-11)9-17-14(19)8-21-6-13-7-22-10-18-13/h2-5,7,10,20H,6,8-9H2,1H3,(H,17,19). The van der Waals surface area contributed by atoms with E-state index in [-0.39, 0.29) is 18.3 Å². The highest BCUT2D eigenvalue weighted by atomic mass is 32.2. The van der Waals surface area contributed by atoms with Gasteiger partial charge in [-0.05, 0) is 24.6 Å². The smallest absolute Gasteiger partial charge is 0.230 e. The molecule has 1 aromatic carbocycles. The fourth-order valence-electron chi connectivity index (χ4n) is 1.79. The van der Waals surface area contributed by atoms with Crippen molar-refractivity contribution in [2.45, 2.75) is 18.3 Å². The molecule has 0 aliphatic heterocycles. The molecule has 1 unspecified atom stereocenters. The molecule has 2 aromatic rings. The van der Waals surface area contributed by atoms with Gasteiger partial charge >= 0.3 is 0 Å². The van der Waals surface area contributed by atoms with E-state index in [2.05, 4.69) is 10.3 Å². The van der Waals surface area contributed by atoms with Crippen molar-refractivity contribution in [1.82, 2.24) is 10.3 Å². The van der Waals surface area contributed by atoms with Gasteiger partial charge in [0.2, 0.25) is 5.91 Å². The minimum absolute atomic E-state index is 0.0781. The number of carbonyl (C=O) groups is 1. The summed E-state index contributed by atoms with van der Waals surface area (Å²) in [4.78, 5) is 15.9.